The van der Waals surface area contributed by atoms with Gasteiger partial charge in [0.15, 0.2) is 36.1 Å². The third kappa shape index (κ3) is 8.32. The third-order valence-corrected chi connectivity index (χ3v) is 8.86. The molecule has 0 unspecified atom stereocenters. The molecule has 0 N–H and O–H groups in total. The largest absolute Gasteiger partial charge is 0.421 e. The van der Waals surface area contributed by atoms with Gasteiger partial charge in [0.1, 0.15) is 0 Å². The smallest absolute Gasteiger partial charge is 0.343 e. The standard InChI is InChI=1S/C30H12Br6O9/c31-19-4-16(10-37)25(22(34)7-19)43-28(40)13-1-14(29(41)44-26-17(11-38)5-20(32)8-23(26)35)3-15(2-13)30(42)45-27-18(12-39)6-21(33)9-24(27)36/h1-12H. The van der Waals surface area contributed by atoms with Crippen molar-refractivity contribution in [2.45, 2.75) is 0 Å². The fourth-order valence-electron chi connectivity index (χ4n) is 3.76. The van der Waals surface area contributed by atoms with Gasteiger partial charge in [-0.1, -0.05) is 47.8 Å². The topological polar surface area (TPSA) is 130 Å². The molecule has 0 atom stereocenters. The Morgan fingerprint density at radius 3 is 0.889 bits per heavy atom. The van der Waals surface area contributed by atoms with Crippen LogP contribution in [0.2, 0.25) is 0 Å². The van der Waals surface area contributed by atoms with Crippen LogP contribution in [0.15, 0.2) is 81.4 Å². The summed E-state index contributed by atoms with van der Waals surface area (Å²) in [5.41, 5.74) is -0.787. The predicted octanol–water partition coefficient (Wildman–Crippen LogP) is 9.36. The van der Waals surface area contributed by atoms with Crippen LogP contribution in [0.4, 0.5) is 0 Å². The molecule has 0 aliphatic rings. The summed E-state index contributed by atoms with van der Waals surface area (Å²) in [7, 11) is 0. The van der Waals surface area contributed by atoms with E-state index in [9.17, 15) is 28.8 Å². The van der Waals surface area contributed by atoms with E-state index >= 15 is 0 Å². The minimum Gasteiger partial charge on any atom is -0.421 e. The van der Waals surface area contributed by atoms with Gasteiger partial charge in [0.2, 0.25) is 0 Å². The molecule has 0 heterocycles. The number of rotatable bonds is 9. The van der Waals surface area contributed by atoms with Crippen LogP contribution in [-0.2, 0) is 0 Å². The van der Waals surface area contributed by atoms with Crippen LogP contribution >= 0.6 is 95.6 Å². The van der Waals surface area contributed by atoms with E-state index in [1.54, 1.807) is 18.2 Å². The minimum absolute atomic E-state index is 0.0303. The van der Waals surface area contributed by atoms with E-state index in [1.807, 2.05) is 0 Å². The first-order valence-electron chi connectivity index (χ1n) is 12.0. The number of carbonyl (C=O) groups excluding carboxylic acids is 6. The molecular weight excluding hydrogens is 984 g/mol. The molecular formula is C30H12Br6O9. The van der Waals surface area contributed by atoms with E-state index in [4.69, 9.17) is 14.2 Å². The van der Waals surface area contributed by atoms with Gasteiger partial charge in [-0.25, -0.2) is 14.4 Å². The van der Waals surface area contributed by atoms with Gasteiger partial charge < -0.3 is 14.2 Å². The van der Waals surface area contributed by atoms with Gasteiger partial charge in [-0.2, -0.15) is 0 Å². The Morgan fingerprint density at radius 2 is 0.667 bits per heavy atom. The van der Waals surface area contributed by atoms with Crippen molar-refractivity contribution < 1.29 is 43.0 Å². The predicted molar refractivity (Wildman–Crippen MR) is 183 cm³/mol. The lowest BCUT2D eigenvalue weighted by Gasteiger charge is -2.14. The van der Waals surface area contributed by atoms with Crippen LogP contribution in [-0.4, -0.2) is 36.8 Å². The molecule has 0 saturated carbocycles. The van der Waals surface area contributed by atoms with Crippen LogP contribution in [0.1, 0.15) is 62.1 Å². The van der Waals surface area contributed by atoms with Crippen LogP contribution in [0, 0.1) is 0 Å². The van der Waals surface area contributed by atoms with Crippen LogP contribution in [0.25, 0.3) is 0 Å². The third-order valence-electron chi connectivity index (χ3n) is 5.72. The average Bonchev–Trinajstić information content (AvgIpc) is 2.99. The highest BCUT2D eigenvalue weighted by atomic mass is 79.9. The van der Waals surface area contributed by atoms with Crippen molar-refractivity contribution in [2.24, 2.45) is 0 Å². The second kappa shape index (κ2) is 15.2. The number of hydrogen-bond donors (Lipinski definition) is 0. The fourth-order valence-corrected chi connectivity index (χ4v) is 7.78. The van der Waals surface area contributed by atoms with Gasteiger partial charge >= 0.3 is 17.9 Å². The minimum atomic E-state index is -1.04. The first kappa shape index (κ1) is 35.0. The van der Waals surface area contributed by atoms with Gasteiger partial charge in [-0.3, -0.25) is 14.4 Å². The van der Waals surface area contributed by atoms with Crippen molar-refractivity contribution in [3.05, 3.63) is 115 Å². The van der Waals surface area contributed by atoms with Crippen molar-refractivity contribution >= 4 is 132 Å². The number of carbonyl (C=O) groups is 6. The van der Waals surface area contributed by atoms with Crippen molar-refractivity contribution in [2.75, 3.05) is 0 Å². The second-order valence-corrected chi connectivity index (χ2v) is 14.0. The van der Waals surface area contributed by atoms with Crippen molar-refractivity contribution in [3.63, 3.8) is 0 Å². The molecule has 45 heavy (non-hydrogen) atoms. The van der Waals surface area contributed by atoms with E-state index < -0.39 is 17.9 Å². The molecule has 4 aromatic rings. The summed E-state index contributed by atoms with van der Waals surface area (Å²) in [5.74, 6) is -3.46. The lowest BCUT2D eigenvalue weighted by atomic mass is 10.1. The van der Waals surface area contributed by atoms with Crippen molar-refractivity contribution in [1.29, 1.82) is 0 Å². The Bertz CT molecular complexity index is 1690. The van der Waals surface area contributed by atoms with Gasteiger partial charge in [0.25, 0.3) is 0 Å². The SMILES string of the molecule is O=Cc1cc(Br)cc(Br)c1OC(=O)c1cc(C(=O)Oc2c(Br)cc(Br)cc2C=O)cc(C(=O)Oc2c(Br)cc(Br)cc2C=O)c1. The highest BCUT2D eigenvalue weighted by Gasteiger charge is 2.24. The summed E-state index contributed by atoms with van der Waals surface area (Å²) in [5, 5.41) is 0. The summed E-state index contributed by atoms with van der Waals surface area (Å²) in [6.45, 7) is 0. The van der Waals surface area contributed by atoms with Crippen molar-refractivity contribution in [3.8, 4) is 17.2 Å². The summed E-state index contributed by atoms with van der Waals surface area (Å²) in [6.07, 6.45) is 1.45. The van der Waals surface area contributed by atoms with Gasteiger partial charge in [0, 0.05) is 13.4 Å². The molecule has 4 aromatic carbocycles. The number of esters is 3. The van der Waals surface area contributed by atoms with Crippen LogP contribution in [0.3, 0.4) is 0 Å². The average molecular weight is 996 g/mol. The quantitative estimate of drug-likeness (QED) is 0.0915. The first-order valence-corrected chi connectivity index (χ1v) is 16.7. The van der Waals surface area contributed by atoms with E-state index in [1.165, 1.54) is 18.2 Å². The van der Waals surface area contributed by atoms with Gasteiger partial charge in [-0.15, -0.1) is 0 Å². The van der Waals surface area contributed by atoms with Gasteiger partial charge in [0.05, 0.1) is 46.8 Å². The molecule has 0 aliphatic heterocycles. The molecule has 0 bridgehead atoms. The Balaban J connectivity index is 1.79. The number of hydrogen-bond acceptors (Lipinski definition) is 9. The second-order valence-electron chi connectivity index (χ2n) is 8.74. The summed E-state index contributed by atoms with van der Waals surface area (Å²) < 4.78 is 18.9. The fraction of sp³-hybridized carbons (Fsp3) is 0. The van der Waals surface area contributed by atoms with E-state index in [-0.39, 0.29) is 64.0 Å². The summed E-state index contributed by atoms with van der Waals surface area (Å²) in [4.78, 5) is 75.1. The lowest BCUT2D eigenvalue weighted by Crippen LogP contribution is -2.18. The maximum atomic E-state index is 13.4. The molecule has 0 fully saturated rings. The number of aldehydes is 3. The first-order chi connectivity index (χ1) is 21.3. The molecule has 9 nitrogen and oxygen atoms in total. The molecule has 4 rings (SSSR count). The zero-order valence-electron chi connectivity index (χ0n) is 21.9. The highest BCUT2D eigenvalue weighted by Crippen LogP contribution is 2.35. The zero-order valence-corrected chi connectivity index (χ0v) is 31.4. The lowest BCUT2D eigenvalue weighted by molar-refractivity contribution is 0.0731. The van der Waals surface area contributed by atoms with Crippen molar-refractivity contribution in [1.82, 2.24) is 0 Å². The molecule has 15 heteroatoms. The van der Waals surface area contributed by atoms with Gasteiger partial charge in [-0.05, 0) is 102 Å². The molecule has 0 radical (unpaired) electrons. The molecule has 0 aliphatic carbocycles. The number of ether oxygens (including phenoxy) is 3. The Kier molecular flexibility index (Phi) is 11.8. The van der Waals surface area contributed by atoms with E-state index in [2.05, 4.69) is 95.6 Å². The molecule has 0 spiro atoms. The van der Waals surface area contributed by atoms with E-state index in [0.29, 0.717) is 32.3 Å². The monoisotopic (exact) mass is 990 g/mol. The maximum absolute atomic E-state index is 13.4. The molecule has 0 amide bonds. The molecule has 0 aromatic heterocycles. The van der Waals surface area contributed by atoms with Crippen LogP contribution < -0.4 is 14.2 Å². The number of halogens is 6. The highest BCUT2D eigenvalue weighted by molar-refractivity contribution is 9.11. The number of benzene rings is 4. The summed E-state index contributed by atoms with van der Waals surface area (Å²) >= 11 is 19.5. The van der Waals surface area contributed by atoms with Crippen LogP contribution in [0.5, 0.6) is 17.2 Å². The summed E-state index contributed by atoms with van der Waals surface area (Å²) in [6, 6.07) is 12.3. The molecule has 228 valence electrons. The Hall–Kier alpha value is -2.82. The normalized spacial score (nSPS) is 10.5. The molecule has 0 saturated heterocycles. The van der Waals surface area contributed by atoms with E-state index in [0.717, 1.165) is 18.2 Å². The zero-order chi connectivity index (χ0) is 33.0. The maximum Gasteiger partial charge on any atom is 0.343 e. The Morgan fingerprint density at radius 1 is 0.422 bits per heavy atom. The Labute approximate surface area is 304 Å².